The molecule has 1 saturated carbocycles. The van der Waals surface area contributed by atoms with Crippen LogP contribution in [0.4, 0.5) is 5.69 Å². The van der Waals surface area contributed by atoms with Gasteiger partial charge in [-0.1, -0.05) is 23.7 Å². The van der Waals surface area contributed by atoms with E-state index in [0.717, 1.165) is 12.8 Å². The molecular weight excluding hydrogens is 304 g/mol. The fourth-order valence-electron chi connectivity index (χ4n) is 2.26. The summed E-state index contributed by atoms with van der Waals surface area (Å²) in [6.45, 7) is 1.74. The maximum atomic E-state index is 12.8. The van der Waals surface area contributed by atoms with Crippen LogP contribution >= 0.6 is 11.6 Å². The van der Waals surface area contributed by atoms with Gasteiger partial charge >= 0.3 is 0 Å². The highest BCUT2D eigenvalue weighted by atomic mass is 35.5. The van der Waals surface area contributed by atoms with E-state index in [1.54, 1.807) is 25.1 Å². The number of amides is 1. The normalized spacial score (nSPS) is 13.9. The molecule has 1 aromatic carbocycles. The number of halogens is 1. The van der Waals surface area contributed by atoms with E-state index in [-0.39, 0.29) is 17.6 Å². The second-order valence-electron chi connectivity index (χ2n) is 5.30. The van der Waals surface area contributed by atoms with Gasteiger partial charge in [0.1, 0.15) is 0 Å². The number of nitrogens with zero attached hydrogens (tertiary/aromatic N) is 1. The number of anilines is 1. The number of rotatable bonds is 5. The second-order valence-corrected chi connectivity index (χ2v) is 5.74. The van der Waals surface area contributed by atoms with Crippen molar-refractivity contribution in [3.63, 3.8) is 0 Å². The highest BCUT2D eigenvalue weighted by molar-refractivity contribution is 6.31. The number of carbonyl (C=O) groups excluding carboxylic acids is 2. The van der Waals surface area contributed by atoms with E-state index in [9.17, 15) is 9.59 Å². The van der Waals surface area contributed by atoms with Crippen molar-refractivity contribution in [2.45, 2.75) is 32.1 Å². The van der Waals surface area contributed by atoms with E-state index in [0.29, 0.717) is 34.0 Å². The molecule has 1 aliphatic carbocycles. The Balaban J connectivity index is 1.97. The van der Waals surface area contributed by atoms with Crippen molar-refractivity contribution in [2.75, 3.05) is 5.32 Å². The van der Waals surface area contributed by atoms with Gasteiger partial charge in [-0.2, -0.15) is 0 Å². The second kappa shape index (κ2) is 5.93. The molecule has 6 heteroatoms. The molecule has 1 heterocycles. The lowest BCUT2D eigenvalue weighted by Gasteiger charge is -2.10. The first-order valence-corrected chi connectivity index (χ1v) is 7.56. The third-order valence-corrected chi connectivity index (χ3v) is 3.85. The Morgan fingerprint density at radius 3 is 2.82 bits per heavy atom. The molecule has 0 spiro atoms. The summed E-state index contributed by atoms with van der Waals surface area (Å²) in [6, 6.07) is 4.81. The third-order valence-electron chi connectivity index (χ3n) is 3.61. The monoisotopic (exact) mass is 318 g/mol. The van der Waals surface area contributed by atoms with E-state index >= 15 is 0 Å². The molecule has 0 unspecified atom stereocenters. The highest BCUT2D eigenvalue weighted by Crippen LogP contribution is 2.42. The molecule has 114 valence electrons. The molecule has 0 radical (unpaired) electrons. The lowest BCUT2D eigenvalue weighted by atomic mass is 10.0. The van der Waals surface area contributed by atoms with Crippen LogP contribution in [0.15, 0.2) is 28.9 Å². The summed E-state index contributed by atoms with van der Waals surface area (Å²) in [7, 11) is 0. The number of hydrogen-bond acceptors (Lipinski definition) is 4. The van der Waals surface area contributed by atoms with Crippen molar-refractivity contribution < 1.29 is 14.1 Å². The van der Waals surface area contributed by atoms with Gasteiger partial charge in [0.2, 0.25) is 5.91 Å². The zero-order chi connectivity index (χ0) is 15.7. The lowest BCUT2D eigenvalue weighted by Crippen LogP contribution is -2.14. The van der Waals surface area contributed by atoms with Gasteiger partial charge in [-0.15, -0.1) is 0 Å². The summed E-state index contributed by atoms with van der Waals surface area (Å²) in [5.74, 6) is 0.519. The van der Waals surface area contributed by atoms with Crippen LogP contribution in [-0.4, -0.2) is 16.8 Å². The van der Waals surface area contributed by atoms with Crippen LogP contribution in [0.3, 0.4) is 0 Å². The van der Waals surface area contributed by atoms with E-state index in [1.807, 2.05) is 0 Å². The summed E-state index contributed by atoms with van der Waals surface area (Å²) < 4.78 is 5.21. The van der Waals surface area contributed by atoms with E-state index in [1.165, 1.54) is 6.20 Å². The predicted octanol–water partition coefficient (Wildman–Crippen LogP) is 3.78. The van der Waals surface area contributed by atoms with E-state index < -0.39 is 0 Å². The molecule has 0 saturated heterocycles. The number of carbonyl (C=O) groups is 2. The Bertz CT molecular complexity index is 735. The van der Waals surface area contributed by atoms with Gasteiger partial charge in [0.25, 0.3) is 0 Å². The summed E-state index contributed by atoms with van der Waals surface area (Å²) in [4.78, 5) is 24.4. The molecule has 0 bridgehead atoms. The molecule has 3 rings (SSSR count). The van der Waals surface area contributed by atoms with Crippen LogP contribution in [0.1, 0.15) is 53.8 Å². The molecule has 1 fully saturated rings. The summed E-state index contributed by atoms with van der Waals surface area (Å²) in [5, 5.41) is 6.91. The van der Waals surface area contributed by atoms with Crippen molar-refractivity contribution in [3.05, 3.63) is 46.3 Å². The average Bonchev–Trinajstić information content (AvgIpc) is 3.23. The standard InChI is InChI=1S/C16H15ClN2O3/c1-2-14(20)19-13-7-10(17)5-6-11(13)15(21)12-8-18-22-16(12)9-3-4-9/h5-9H,2-4H2,1H3,(H,19,20). The molecule has 1 aromatic heterocycles. The summed E-state index contributed by atoms with van der Waals surface area (Å²) in [5.41, 5.74) is 1.25. The quantitative estimate of drug-likeness (QED) is 0.851. The lowest BCUT2D eigenvalue weighted by molar-refractivity contribution is -0.115. The van der Waals surface area contributed by atoms with Gasteiger partial charge in [0, 0.05) is 22.9 Å². The minimum Gasteiger partial charge on any atom is -0.360 e. The highest BCUT2D eigenvalue weighted by Gasteiger charge is 2.33. The SMILES string of the molecule is CCC(=O)Nc1cc(Cl)ccc1C(=O)c1cnoc1C1CC1. The van der Waals surface area contributed by atoms with Crippen LogP contribution in [0.2, 0.25) is 5.02 Å². The summed E-state index contributed by atoms with van der Waals surface area (Å²) >= 11 is 5.97. The van der Waals surface area contributed by atoms with Crippen LogP contribution in [0.25, 0.3) is 0 Å². The van der Waals surface area contributed by atoms with Gasteiger partial charge in [-0.05, 0) is 31.0 Å². The fraction of sp³-hybridized carbons (Fsp3) is 0.312. The Morgan fingerprint density at radius 1 is 1.36 bits per heavy atom. The van der Waals surface area contributed by atoms with Crippen molar-refractivity contribution >= 4 is 29.0 Å². The molecule has 1 N–H and O–H groups in total. The number of ketones is 1. The maximum absolute atomic E-state index is 12.8. The first-order chi connectivity index (χ1) is 10.6. The number of hydrogen-bond donors (Lipinski definition) is 1. The fourth-order valence-corrected chi connectivity index (χ4v) is 2.43. The van der Waals surface area contributed by atoms with E-state index in [4.69, 9.17) is 16.1 Å². The Morgan fingerprint density at radius 2 is 2.14 bits per heavy atom. The predicted molar refractivity (Wildman–Crippen MR) is 82.3 cm³/mol. The number of benzene rings is 1. The smallest absolute Gasteiger partial charge is 0.224 e. The van der Waals surface area contributed by atoms with Gasteiger partial charge in [0.05, 0.1) is 17.4 Å². The van der Waals surface area contributed by atoms with Gasteiger partial charge in [-0.25, -0.2) is 0 Å². The molecular formula is C16H15ClN2O3. The van der Waals surface area contributed by atoms with Crippen LogP contribution in [0, 0.1) is 0 Å². The molecule has 1 amide bonds. The minimum absolute atomic E-state index is 0.177. The van der Waals surface area contributed by atoms with Gasteiger partial charge in [0.15, 0.2) is 11.5 Å². The average molecular weight is 319 g/mol. The van der Waals surface area contributed by atoms with Crippen LogP contribution in [0.5, 0.6) is 0 Å². The zero-order valence-corrected chi connectivity index (χ0v) is 12.8. The van der Waals surface area contributed by atoms with Crippen LogP contribution < -0.4 is 5.32 Å². The molecule has 0 atom stereocenters. The molecule has 0 aliphatic heterocycles. The topological polar surface area (TPSA) is 72.2 Å². The molecule has 2 aromatic rings. The van der Waals surface area contributed by atoms with Crippen molar-refractivity contribution in [3.8, 4) is 0 Å². The number of aromatic nitrogens is 1. The Hall–Kier alpha value is -2.14. The van der Waals surface area contributed by atoms with E-state index in [2.05, 4.69) is 10.5 Å². The number of nitrogens with one attached hydrogen (secondary N) is 1. The summed E-state index contributed by atoms with van der Waals surface area (Å²) in [6.07, 6.45) is 3.78. The van der Waals surface area contributed by atoms with Crippen molar-refractivity contribution in [2.24, 2.45) is 0 Å². The third kappa shape index (κ3) is 2.90. The van der Waals surface area contributed by atoms with Crippen molar-refractivity contribution in [1.82, 2.24) is 5.16 Å². The first kappa shape index (κ1) is 14.8. The molecule has 22 heavy (non-hydrogen) atoms. The largest absolute Gasteiger partial charge is 0.360 e. The zero-order valence-electron chi connectivity index (χ0n) is 12.1. The van der Waals surface area contributed by atoms with Crippen molar-refractivity contribution in [1.29, 1.82) is 0 Å². The molecule has 5 nitrogen and oxygen atoms in total. The Labute approximate surface area is 132 Å². The van der Waals surface area contributed by atoms with Gasteiger partial charge < -0.3 is 9.84 Å². The minimum atomic E-state index is -0.216. The first-order valence-electron chi connectivity index (χ1n) is 7.18. The molecule has 1 aliphatic rings. The Kier molecular flexibility index (Phi) is 3.98. The maximum Gasteiger partial charge on any atom is 0.224 e. The van der Waals surface area contributed by atoms with Gasteiger partial charge in [-0.3, -0.25) is 9.59 Å². The van der Waals surface area contributed by atoms with Crippen LogP contribution in [-0.2, 0) is 4.79 Å².